The van der Waals surface area contributed by atoms with Crippen molar-refractivity contribution in [3.63, 3.8) is 0 Å². The van der Waals surface area contributed by atoms with E-state index >= 15 is 0 Å². The van der Waals surface area contributed by atoms with E-state index in [-0.39, 0.29) is 17.5 Å². The van der Waals surface area contributed by atoms with Crippen molar-refractivity contribution in [3.05, 3.63) is 46.5 Å². The molecule has 0 fully saturated rings. The van der Waals surface area contributed by atoms with Crippen molar-refractivity contribution in [2.24, 2.45) is 5.41 Å². The first-order valence-electron chi connectivity index (χ1n) is 8.86. The van der Waals surface area contributed by atoms with E-state index in [4.69, 9.17) is 9.47 Å². The van der Waals surface area contributed by atoms with E-state index in [1.165, 1.54) is 34.8 Å². The van der Waals surface area contributed by atoms with Gasteiger partial charge in [-0.15, -0.1) is 0 Å². The van der Waals surface area contributed by atoms with Crippen LogP contribution in [0.15, 0.2) is 35.4 Å². The van der Waals surface area contributed by atoms with Gasteiger partial charge in [-0.2, -0.15) is 0 Å². The lowest BCUT2D eigenvalue weighted by Crippen LogP contribution is -2.38. The molecule has 2 atom stereocenters. The number of hydrogen-bond acceptors (Lipinski definition) is 3. The van der Waals surface area contributed by atoms with Crippen LogP contribution in [0.1, 0.15) is 50.7 Å². The van der Waals surface area contributed by atoms with Crippen molar-refractivity contribution >= 4 is 11.5 Å². The Bertz CT molecular complexity index is 771. The minimum absolute atomic E-state index is 0.00213. The number of ether oxygens (including phenoxy) is 2. The number of hydrogen-bond donors (Lipinski definition) is 0. The average molecular weight is 324 g/mol. The fourth-order valence-electron chi connectivity index (χ4n) is 4.99. The Balaban J connectivity index is 1.72. The number of fused-ring (bicyclic) bond motifs is 4. The van der Waals surface area contributed by atoms with Crippen LogP contribution in [-0.2, 0) is 16.0 Å². The maximum atomic E-state index is 11.5. The number of allylic oxidation sites excluding steroid dienone is 2. The Morgan fingerprint density at radius 1 is 1.33 bits per heavy atom. The molecular formula is C21H24O3. The van der Waals surface area contributed by atoms with Gasteiger partial charge in [0.2, 0.25) is 0 Å². The molecule has 0 saturated heterocycles. The van der Waals surface area contributed by atoms with Crippen LogP contribution in [-0.4, -0.2) is 19.2 Å². The van der Waals surface area contributed by atoms with Crippen LogP contribution in [0.2, 0.25) is 0 Å². The van der Waals surface area contributed by atoms with Crippen molar-refractivity contribution in [2.75, 3.05) is 7.11 Å². The lowest BCUT2D eigenvalue weighted by Gasteiger charge is -2.41. The first kappa shape index (κ1) is 15.5. The number of carbonyl (C=O) groups is 1. The van der Waals surface area contributed by atoms with Gasteiger partial charge in [-0.05, 0) is 65.7 Å². The molecule has 3 aliphatic carbocycles. The highest BCUT2D eigenvalue weighted by molar-refractivity contribution is 5.82. The van der Waals surface area contributed by atoms with Crippen molar-refractivity contribution in [1.82, 2.24) is 0 Å². The summed E-state index contributed by atoms with van der Waals surface area (Å²) in [6.45, 7) is 3.75. The summed E-state index contributed by atoms with van der Waals surface area (Å²) in [5.41, 5.74) is 7.16. The zero-order valence-corrected chi connectivity index (χ0v) is 14.6. The molecule has 0 spiro atoms. The van der Waals surface area contributed by atoms with Crippen molar-refractivity contribution in [1.29, 1.82) is 0 Å². The summed E-state index contributed by atoms with van der Waals surface area (Å²) < 4.78 is 11.1. The van der Waals surface area contributed by atoms with Crippen LogP contribution in [0.25, 0.3) is 5.57 Å². The maximum Gasteiger partial charge on any atom is 0.302 e. The Morgan fingerprint density at radius 2 is 2.17 bits per heavy atom. The van der Waals surface area contributed by atoms with Crippen molar-refractivity contribution in [3.8, 4) is 5.75 Å². The second kappa shape index (κ2) is 5.51. The smallest absolute Gasteiger partial charge is 0.302 e. The Kier molecular flexibility index (Phi) is 3.56. The van der Waals surface area contributed by atoms with E-state index < -0.39 is 0 Å². The molecule has 0 aliphatic heterocycles. The van der Waals surface area contributed by atoms with Crippen LogP contribution in [0.3, 0.4) is 0 Å². The highest BCUT2D eigenvalue weighted by Gasteiger charge is 2.50. The molecule has 0 amide bonds. The second-order valence-corrected chi connectivity index (χ2v) is 7.12. The molecule has 3 nitrogen and oxygen atoms in total. The van der Waals surface area contributed by atoms with E-state index in [0.717, 1.165) is 37.9 Å². The van der Waals surface area contributed by atoms with Crippen LogP contribution in [0.5, 0.6) is 5.75 Å². The summed E-state index contributed by atoms with van der Waals surface area (Å²) in [5, 5.41) is 0. The monoisotopic (exact) mass is 324 g/mol. The van der Waals surface area contributed by atoms with Gasteiger partial charge in [0.15, 0.2) is 0 Å². The van der Waals surface area contributed by atoms with E-state index in [1.54, 1.807) is 7.11 Å². The molecule has 24 heavy (non-hydrogen) atoms. The summed E-state index contributed by atoms with van der Waals surface area (Å²) in [6, 6.07) is 6.43. The number of rotatable bonds is 3. The molecule has 0 N–H and O–H groups in total. The van der Waals surface area contributed by atoms with E-state index in [0.29, 0.717) is 0 Å². The molecule has 0 heterocycles. The van der Waals surface area contributed by atoms with Crippen LogP contribution < -0.4 is 4.74 Å². The van der Waals surface area contributed by atoms with E-state index in [9.17, 15) is 4.79 Å². The average Bonchev–Trinajstić information content (AvgIpc) is 3.12. The zero-order chi connectivity index (χ0) is 16.9. The van der Waals surface area contributed by atoms with Gasteiger partial charge in [-0.1, -0.05) is 19.1 Å². The minimum Gasteiger partial charge on any atom is -0.497 e. The standard InChI is InChI=1S/C21H24O3/c1-4-21-10-9-17-16-6-5-15(23-3)11-14(16)12-18(17)19(21)7-8-20(21)24-13(2)22/h5-7,11,20H,4,8-10,12H2,1-3H3. The maximum absolute atomic E-state index is 11.5. The SMILES string of the molecule is CCC12CCC3=C(Cc4cc(OC)ccc43)C1=CCC2OC(C)=O. The molecule has 4 rings (SSSR count). The predicted molar refractivity (Wildman–Crippen MR) is 93.8 cm³/mol. The molecule has 2 unspecified atom stereocenters. The third-order valence-electron chi connectivity index (χ3n) is 6.14. The van der Waals surface area contributed by atoms with Crippen LogP contribution >= 0.6 is 0 Å². The molecule has 3 heteroatoms. The Labute approximate surface area is 143 Å². The molecule has 0 bridgehead atoms. The van der Waals surface area contributed by atoms with Gasteiger partial charge < -0.3 is 9.47 Å². The first-order chi connectivity index (χ1) is 11.6. The Hall–Kier alpha value is -2.03. The van der Waals surface area contributed by atoms with Gasteiger partial charge in [-0.25, -0.2) is 0 Å². The lowest BCUT2D eigenvalue weighted by molar-refractivity contribution is -0.151. The third-order valence-corrected chi connectivity index (χ3v) is 6.14. The molecule has 3 aliphatic rings. The summed E-state index contributed by atoms with van der Waals surface area (Å²) in [7, 11) is 1.72. The van der Waals surface area contributed by atoms with E-state index in [1.807, 2.05) is 0 Å². The lowest BCUT2D eigenvalue weighted by atomic mass is 9.66. The van der Waals surface area contributed by atoms with Gasteiger partial charge in [0.1, 0.15) is 11.9 Å². The first-order valence-corrected chi connectivity index (χ1v) is 8.86. The fraction of sp³-hybridized carbons (Fsp3) is 0.476. The van der Waals surface area contributed by atoms with Gasteiger partial charge in [-0.3, -0.25) is 4.79 Å². The highest BCUT2D eigenvalue weighted by atomic mass is 16.5. The molecule has 0 radical (unpaired) electrons. The minimum atomic E-state index is -0.165. The fourth-order valence-corrected chi connectivity index (χ4v) is 4.99. The number of benzene rings is 1. The molecule has 126 valence electrons. The normalized spacial score (nSPS) is 27.3. The number of carbonyl (C=O) groups excluding carboxylic acids is 1. The second-order valence-electron chi connectivity index (χ2n) is 7.12. The largest absolute Gasteiger partial charge is 0.497 e. The highest BCUT2D eigenvalue weighted by Crippen LogP contribution is 2.58. The van der Waals surface area contributed by atoms with Crippen molar-refractivity contribution < 1.29 is 14.3 Å². The molecular weight excluding hydrogens is 300 g/mol. The summed E-state index contributed by atoms with van der Waals surface area (Å²) in [5.74, 6) is 0.759. The van der Waals surface area contributed by atoms with E-state index in [2.05, 4.69) is 31.2 Å². The number of methoxy groups -OCH3 is 1. The zero-order valence-electron chi connectivity index (χ0n) is 14.6. The summed E-state index contributed by atoms with van der Waals surface area (Å²) in [4.78, 5) is 11.5. The van der Waals surface area contributed by atoms with Crippen LogP contribution in [0, 0.1) is 5.41 Å². The van der Waals surface area contributed by atoms with Gasteiger partial charge in [0.25, 0.3) is 0 Å². The van der Waals surface area contributed by atoms with Gasteiger partial charge in [0, 0.05) is 18.8 Å². The number of esters is 1. The molecule has 1 aromatic carbocycles. The predicted octanol–water partition coefficient (Wildman–Crippen LogP) is 4.46. The molecule has 1 aromatic rings. The molecule has 0 saturated carbocycles. The Morgan fingerprint density at radius 3 is 2.88 bits per heavy atom. The third kappa shape index (κ3) is 2.07. The van der Waals surface area contributed by atoms with Gasteiger partial charge >= 0.3 is 5.97 Å². The van der Waals surface area contributed by atoms with Crippen molar-refractivity contribution in [2.45, 2.75) is 52.1 Å². The summed E-state index contributed by atoms with van der Waals surface area (Å²) in [6.07, 6.45) is 7.31. The van der Waals surface area contributed by atoms with Crippen LogP contribution in [0.4, 0.5) is 0 Å². The quantitative estimate of drug-likeness (QED) is 0.770. The summed E-state index contributed by atoms with van der Waals surface area (Å²) >= 11 is 0. The van der Waals surface area contributed by atoms with Gasteiger partial charge in [0.05, 0.1) is 7.11 Å². The topological polar surface area (TPSA) is 35.5 Å². The molecule has 0 aromatic heterocycles.